The van der Waals surface area contributed by atoms with Crippen molar-refractivity contribution in [2.24, 2.45) is 0 Å². The third-order valence-corrected chi connectivity index (χ3v) is 3.51. The van der Waals surface area contributed by atoms with Gasteiger partial charge in [0.05, 0.1) is 0 Å². The highest BCUT2D eigenvalue weighted by Gasteiger charge is 2.22. The summed E-state index contributed by atoms with van der Waals surface area (Å²) in [6.07, 6.45) is 0. The summed E-state index contributed by atoms with van der Waals surface area (Å²) < 4.78 is 6.25. The molecule has 0 aromatic heterocycles. The van der Waals surface area contributed by atoms with E-state index in [9.17, 15) is 0 Å². The van der Waals surface area contributed by atoms with Gasteiger partial charge in [0.1, 0.15) is 5.75 Å². The van der Waals surface area contributed by atoms with Crippen LogP contribution in [0.25, 0.3) is 0 Å². The molecule has 1 rings (SSSR count). The largest absolute Gasteiger partial charge is 0.540 e. The molecule has 1 nitrogen and oxygen atoms in total. The van der Waals surface area contributed by atoms with E-state index < -0.39 is 0 Å². The lowest BCUT2D eigenvalue weighted by Crippen LogP contribution is -2.15. The van der Waals surface area contributed by atoms with Crippen molar-refractivity contribution in [1.29, 1.82) is 0 Å². The summed E-state index contributed by atoms with van der Waals surface area (Å²) in [6.45, 7) is 10.9. The fourth-order valence-corrected chi connectivity index (χ4v) is 3.19. The molecule has 81 valence electrons. The Balaban J connectivity index is 3.50. The Morgan fingerprint density at radius 3 is 2.13 bits per heavy atom. The fraction of sp³-hybridized carbons (Fsp3) is 0.500. The molecule has 0 atom stereocenters. The minimum atomic E-state index is 0.137. The number of hydrogen-bond acceptors (Lipinski definition) is 1. The van der Waals surface area contributed by atoms with Crippen LogP contribution in [0.2, 0.25) is 0 Å². The van der Waals surface area contributed by atoms with Gasteiger partial charge in [-0.05, 0) is 42.0 Å². The van der Waals surface area contributed by atoms with Gasteiger partial charge in [-0.1, -0.05) is 36.7 Å². The lowest BCUT2D eigenvalue weighted by molar-refractivity contribution is 0.572. The molecule has 1 aromatic carbocycles. The Hall–Kier alpha value is -0.283. The molecule has 0 fully saturated rings. The van der Waals surface area contributed by atoms with Crippen LogP contribution in [0, 0.1) is 13.8 Å². The van der Waals surface area contributed by atoms with Crippen molar-refractivity contribution in [2.45, 2.75) is 40.0 Å². The summed E-state index contributed by atoms with van der Waals surface area (Å²) in [5, 5.41) is 0. The molecule has 1 aromatic rings. The van der Waals surface area contributed by atoms with Crippen LogP contribution >= 0.6 is 15.9 Å². The first-order valence-electron chi connectivity index (χ1n) is 4.92. The molecular formula is C12H16BrOSi. The van der Waals surface area contributed by atoms with Crippen LogP contribution in [0.4, 0.5) is 0 Å². The molecule has 0 aliphatic rings. The summed E-state index contributed by atoms with van der Waals surface area (Å²) in [4.78, 5) is 0. The minimum absolute atomic E-state index is 0.137. The second-order valence-electron chi connectivity index (χ2n) is 4.83. The summed E-state index contributed by atoms with van der Waals surface area (Å²) in [5.41, 5.74) is 3.94. The van der Waals surface area contributed by atoms with E-state index in [2.05, 4.69) is 61.0 Å². The summed E-state index contributed by atoms with van der Waals surface area (Å²) in [6, 6.07) is 2.01. The first-order valence-corrected chi connectivity index (χ1v) is 6.13. The molecule has 3 radical (unpaired) electrons. The van der Waals surface area contributed by atoms with Crippen molar-refractivity contribution in [3.63, 3.8) is 0 Å². The van der Waals surface area contributed by atoms with E-state index in [1.165, 1.54) is 16.7 Å². The molecule has 0 aliphatic heterocycles. The Bertz CT molecular complexity index is 380. The van der Waals surface area contributed by atoms with Gasteiger partial charge in [-0.15, -0.1) is 0 Å². The maximum Gasteiger partial charge on any atom is 0.341 e. The molecule has 0 aliphatic carbocycles. The molecule has 0 saturated carbocycles. The topological polar surface area (TPSA) is 9.23 Å². The zero-order chi connectivity index (χ0) is 11.8. The van der Waals surface area contributed by atoms with Gasteiger partial charge in [-0.2, -0.15) is 0 Å². The second-order valence-corrected chi connectivity index (χ2v) is 5.89. The van der Waals surface area contributed by atoms with Crippen LogP contribution in [-0.4, -0.2) is 10.5 Å². The van der Waals surface area contributed by atoms with Crippen molar-refractivity contribution < 1.29 is 4.43 Å². The zero-order valence-electron chi connectivity index (χ0n) is 9.86. The van der Waals surface area contributed by atoms with Gasteiger partial charge >= 0.3 is 10.5 Å². The third kappa shape index (κ3) is 2.45. The molecule has 0 heterocycles. The molecule has 15 heavy (non-hydrogen) atoms. The Morgan fingerprint density at radius 1 is 1.20 bits per heavy atom. The fourth-order valence-electron chi connectivity index (χ4n) is 1.87. The lowest BCUT2D eigenvalue weighted by atomic mass is 9.82. The van der Waals surface area contributed by atoms with Crippen LogP contribution < -0.4 is 4.43 Å². The SMILES string of the molecule is Cc1c(O[Si])cc(Br)c(C(C)(C)C)c1C. The van der Waals surface area contributed by atoms with Crippen molar-refractivity contribution in [1.82, 2.24) is 0 Å². The van der Waals surface area contributed by atoms with Gasteiger partial charge in [-0.25, -0.2) is 0 Å². The maximum atomic E-state index is 5.15. The van der Waals surface area contributed by atoms with Crippen LogP contribution in [0.3, 0.4) is 0 Å². The lowest BCUT2D eigenvalue weighted by Gasteiger charge is -2.25. The van der Waals surface area contributed by atoms with Gasteiger partial charge in [0.25, 0.3) is 0 Å². The standard InChI is InChI=1S/C12H16BrOSi/c1-7-8(2)11(12(3,4)5)9(13)6-10(7)14-15/h6H,1-5H3. The highest BCUT2D eigenvalue weighted by molar-refractivity contribution is 9.10. The van der Waals surface area contributed by atoms with Crippen LogP contribution in [-0.2, 0) is 5.41 Å². The molecule has 0 spiro atoms. The van der Waals surface area contributed by atoms with E-state index in [0.29, 0.717) is 0 Å². The van der Waals surface area contributed by atoms with Crippen molar-refractivity contribution in [3.05, 3.63) is 27.2 Å². The summed E-state index contributed by atoms with van der Waals surface area (Å²) >= 11 is 3.61. The quantitative estimate of drug-likeness (QED) is 0.712. The predicted molar refractivity (Wildman–Crippen MR) is 68.7 cm³/mol. The Labute approximate surface area is 104 Å². The van der Waals surface area contributed by atoms with E-state index in [1.807, 2.05) is 6.07 Å². The third-order valence-electron chi connectivity index (χ3n) is 2.66. The molecule has 0 amide bonds. The monoisotopic (exact) mass is 283 g/mol. The van der Waals surface area contributed by atoms with E-state index >= 15 is 0 Å². The second kappa shape index (κ2) is 4.30. The smallest absolute Gasteiger partial charge is 0.341 e. The van der Waals surface area contributed by atoms with E-state index in [4.69, 9.17) is 4.43 Å². The summed E-state index contributed by atoms with van der Waals surface area (Å²) in [5.74, 6) is 0.865. The van der Waals surface area contributed by atoms with E-state index in [0.717, 1.165) is 10.2 Å². The molecule has 3 heteroatoms. The average molecular weight is 284 g/mol. The van der Waals surface area contributed by atoms with Gasteiger partial charge in [-0.3, -0.25) is 0 Å². The van der Waals surface area contributed by atoms with Gasteiger partial charge in [0.15, 0.2) is 0 Å². The van der Waals surface area contributed by atoms with E-state index in [1.54, 1.807) is 0 Å². The Morgan fingerprint density at radius 2 is 1.73 bits per heavy atom. The van der Waals surface area contributed by atoms with E-state index in [-0.39, 0.29) is 5.41 Å². The first kappa shape index (κ1) is 12.8. The molecule has 0 N–H and O–H groups in total. The van der Waals surface area contributed by atoms with Gasteiger partial charge in [0, 0.05) is 4.47 Å². The molecule has 0 saturated heterocycles. The van der Waals surface area contributed by atoms with Crippen LogP contribution in [0.15, 0.2) is 10.5 Å². The maximum absolute atomic E-state index is 5.15. The van der Waals surface area contributed by atoms with Crippen LogP contribution in [0.1, 0.15) is 37.5 Å². The number of rotatable bonds is 1. The van der Waals surface area contributed by atoms with Crippen molar-refractivity contribution in [2.75, 3.05) is 0 Å². The highest BCUT2D eigenvalue weighted by atomic mass is 79.9. The molecular weight excluding hydrogens is 268 g/mol. The summed E-state index contributed by atoms with van der Waals surface area (Å²) in [7, 11) is 3.08. The molecule has 0 unspecified atom stereocenters. The number of halogens is 1. The Kier molecular flexibility index (Phi) is 3.66. The predicted octanol–water partition coefficient (Wildman–Crippen LogP) is 3.83. The number of hydrogen-bond donors (Lipinski definition) is 0. The number of benzene rings is 1. The highest BCUT2D eigenvalue weighted by Crippen LogP contribution is 2.38. The van der Waals surface area contributed by atoms with Gasteiger partial charge < -0.3 is 4.43 Å². The normalized spacial score (nSPS) is 11.7. The zero-order valence-corrected chi connectivity index (χ0v) is 12.4. The van der Waals surface area contributed by atoms with Crippen molar-refractivity contribution in [3.8, 4) is 5.75 Å². The van der Waals surface area contributed by atoms with Crippen LogP contribution in [0.5, 0.6) is 5.75 Å². The van der Waals surface area contributed by atoms with Crippen molar-refractivity contribution >= 4 is 26.4 Å². The van der Waals surface area contributed by atoms with Gasteiger partial charge in [0.2, 0.25) is 0 Å². The molecule has 0 bridgehead atoms. The first-order chi connectivity index (χ1) is 6.79. The average Bonchev–Trinajstić information content (AvgIpc) is 2.09. The minimum Gasteiger partial charge on any atom is -0.540 e.